The normalized spacial score (nSPS) is 12.5. The standard InChI is InChI=1S/C18H22N2O3/c1-18(2,3)23-17(22)20-15(16(21)19-4)14-11-7-9-12-8-5-6-10-13(12)14/h5-11,15H,1-4H3,(H,19,21)(H,20,22). The van der Waals surface area contributed by atoms with E-state index in [0.717, 1.165) is 16.3 Å². The van der Waals surface area contributed by atoms with Gasteiger partial charge in [-0.05, 0) is 37.1 Å². The maximum absolute atomic E-state index is 12.3. The molecule has 0 saturated heterocycles. The molecule has 0 spiro atoms. The van der Waals surface area contributed by atoms with Crippen molar-refractivity contribution in [2.24, 2.45) is 0 Å². The third-order valence-electron chi connectivity index (χ3n) is 3.30. The van der Waals surface area contributed by atoms with Gasteiger partial charge in [0.1, 0.15) is 11.6 Å². The Labute approximate surface area is 136 Å². The van der Waals surface area contributed by atoms with E-state index in [1.807, 2.05) is 42.5 Å². The Morgan fingerprint density at radius 2 is 1.70 bits per heavy atom. The maximum atomic E-state index is 12.3. The molecule has 0 heterocycles. The molecule has 0 aliphatic carbocycles. The zero-order chi connectivity index (χ0) is 17.0. The monoisotopic (exact) mass is 314 g/mol. The van der Waals surface area contributed by atoms with Crippen LogP contribution in [0.25, 0.3) is 10.8 Å². The second kappa shape index (κ2) is 6.69. The molecule has 0 saturated carbocycles. The summed E-state index contributed by atoms with van der Waals surface area (Å²) in [5, 5.41) is 7.17. The van der Waals surface area contributed by atoms with Crippen molar-refractivity contribution in [2.45, 2.75) is 32.4 Å². The number of rotatable bonds is 3. The number of carbonyl (C=O) groups is 2. The molecule has 2 amide bonds. The molecule has 23 heavy (non-hydrogen) atoms. The van der Waals surface area contributed by atoms with Crippen LogP contribution in [0.2, 0.25) is 0 Å². The Morgan fingerprint density at radius 1 is 1.04 bits per heavy atom. The van der Waals surface area contributed by atoms with E-state index >= 15 is 0 Å². The summed E-state index contributed by atoms with van der Waals surface area (Å²) in [5.41, 5.74) is 0.101. The Kier molecular flexibility index (Phi) is 4.89. The fourth-order valence-corrected chi connectivity index (χ4v) is 2.36. The summed E-state index contributed by atoms with van der Waals surface area (Å²) in [4.78, 5) is 24.4. The van der Waals surface area contributed by atoms with Crippen LogP contribution in [0, 0.1) is 0 Å². The molecule has 2 rings (SSSR count). The predicted octanol–water partition coefficient (Wildman–Crippen LogP) is 3.15. The average molecular weight is 314 g/mol. The highest BCUT2D eigenvalue weighted by atomic mass is 16.6. The molecule has 0 radical (unpaired) electrons. The minimum atomic E-state index is -0.819. The number of fused-ring (bicyclic) bond motifs is 1. The van der Waals surface area contributed by atoms with Crippen molar-refractivity contribution in [3.05, 3.63) is 48.0 Å². The van der Waals surface area contributed by atoms with Crippen LogP contribution in [0.3, 0.4) is 0 Å². The van der Waals surface area contributed by atoms with E-state index in [1.54, 1.807) is 20.8 Å². The minimum absolute atomic E-state index is 0.299. The van der Waals surface area contributed by atoms with E-state index in [9.17, 15) is 9.59 Å². The number of amides is 2. The SMILES string of the molecule is CNC(=O)C(NC(=O)OC(C)(C)C)c1cccc2ccccc12. The van der Waals surface area contributed by atoms with Crippen molar-refractivity contribution in [1.82, 2.24) is 10.6 Å². The van der Waals surface area contributed by atoms with E-state index < -0.39 is 17.7 Å². The molecule has 0 bridgehead atoms. The van der Waals surface area contributed by atoms with Gasteiger partial charge >= 0.3 is 6.09 Å². The number of carbonyl (C=O) groups excluding carboxylic acids is 2. The first-order valence-electron chi connectivity index (χ1n) is 7.50. The number of likely N-dealkylation sites (N-methyl/N-ethyl adjacent to an activating group) is 1. The second-order valence-corrected chi connectivity index (χ2v) is 6.26. The van der Waals surface area contributed by atoms with Gasteiger partial charge in [-0.2, -0.15) is 0 Å². The lowest BCUT2D eigenvalue weighted by Crippen LogP contribution is -2.41. The lowest BCUT2D eigenvalue weighted by atomic mass is 9.98. The Morgan fingerprint density at radius 3 is 2.35 bits per heavy atom. The van der Waals surface area contributed by atoms with E-state index in [-0.39, 0.29) is 5.91 Å². The second-order valence-electron chi connectivity index (χ2n) is 6.26. The van der Waals surface area contributed by atoms with Gasteiger partial charge in [0, 0.05) is 7.05 Å². The molecule has 0 aromatic heterocycles. The van der Waals surface area contributed by atoms with Crippen molar-refractivity contribution in [3.8, 4) is 0 Å². The summed E-state index contributed by atoms with van der Waals surface area (Å²) < 4.78 is 5.27. The van der Waals surface area contributed by atoms with E-state index in [0.29, 0.717) is 0 Å². The fourth-order valence-electron chi connectivity index (χ4n) is 2.36. The third-order valence-corrected chi connectivity index (χ3v) is 3.30. The van der Waals surface area contributed by atoms with Gasteiger partial charge < -0.3 is 15.4 Å². The molecule has 122 valence electrons. The molecule has 5 heteroatoms. The van der Waals surface area contributed by atoms with E-state index in [2.05, 4.69) is 10.6 Å². The van der Waals surface area contributed by atoms with Gasteiger partial charge in [-0.3, -0.25) is 4.79 Å². The summed E-state index contributed by atoms with van der Waals surface area (Å²) in [6, 6.07) is 12.6. The summed E-state index contributed by atoms with van der Waals surface area (Å²) in [7, 11) is 1.54. The molecule has 0 fully saturated rings. The first-order chi connectivity index (χ1) is 10.8. The Hall–Kier alpha value is -2.56. The number of hydrogen-bond donors (Lipinski definition) is 2. The highest BCUT2D eigenvalue weighted by molar-refractivity contribution is 5.94. The van der Waals surface area contributed by atoms with Crippen LogP contribution in [0.15, 0.2) is 42.5 Å². The van der Waals surface area contributed by atoms with Crippen molar-refractivity contribution in [2.75, 3.05) is 7.05 Å². The molecule has 1 unspecified atom stereocenters. The lowest BCUT2D eigenvalue weighted by Gasteiger charge is -2.23. The summed E-state index contributed by atoms with van der Waals surface area (Å²) in [6.45, 7) is 5.33. The first-order valence-corrected chi connectivity index (χ1v) is 7.50. The molecule has 2 N–H and O–H groups in total. The quantitative estimate of drug-likeness (QED) is 0.914. The van der Waals surface area contributed by atoms with Crippen molar-refractivity contribution in [3.63, 3.8) is 0 Å². The number of hydrogen-bond acceptors (Lipinski definition) is 3. The van der Waals surface area contributed by atoms with Crippen LogP contribution < -0.4 is 10.6 Å². The van der Waals surface area contributed by atoms with Crippen LogP contribution in [0.1, 0.15) is 32.4 Å². The molecule has 0 aliphatic heterocycles. The highest BCUT2D eigenvalue weighted by Crippen LogP contribution is 2.25. The largest absolute Gasteiger partial charge is 0.444 e. The predicted molar refractivity (Wildman–Crippen MR) is 90.1 cm³/mol. The zero-order valence-electron chi connectivity index (χ0n) is 13.8. The summed E-state index contributed by atoms with van der Waals surface area (Å²) >= 11 is 0. The molecular formula is C18H22N2O3. The van der Waals surface area contributed by atoms with Gasteiger partial charge in [-0.25, -0.2) is 4.79 Å². The molecule has 2 aromatic rings. The molecule has 0 aliphatic rings. The van der Waals surface area contributed by atoms with Gasteiger partial charge in [0.15, 0.2) is 0 Å². The van der Waals surface area contributed by atoms with Crippen molar-refractivity contribution >= 4 is 22.8 Å². The minimum Gasteiger partial charge on any atom is -0.444 e. The number of nitrogens with one attached hydrogen (secondary N) is 2. The van der Waals surface area contributed by atoms with Gasteiger partial charge in [0.05, 0.1) is 0 Å². The molecule has 2 aromatic carbocycles. The Bertz CT molecular complexity index is 714. The maximum Gasteiger partial charge on any atom is 0.408 e. The summed E-state index contributed by atoms with van der Waals surface area (Å²) in [6.07, 6.45) is -0.626. The van der Waals surface area contributed by atoms with Gasteiger partial charge in [-0.15, -0.1) is 0 Å². The van der Waals surface area contributed by atoms with Crippen molar-refractivity contribution in [1.29, 1.82) is 0 Å². The van der Waals surface area contributed by atoms with Crippen LogP contribution in [0.5, 0.6) is 0 Å². The van der Waals surface area contributed by atoms with Crippen LogP contribution in [-0.2, 0) is 9.53 Å². The third kappa shape index (κ3) is 4.22. The topological polar surface area (TPSA) is 67.4 Å². The Balaban J connectivity index is 2.38. The highest BCUT2D eigenvalue weighted by Gasteiger charge is 2.26. The zero-order valence-corrected chi connectivity index (χ0v) is 13.8. The van der Waals surface area contributed by atoms with Crippen LogP contribution >= 0.6 is 0 Å². The summed E-state index contributed by atoms with van der Waals surface area (Å²) in [5.74, 6) is -0.299. The van der Waals surface area contributed by atoms with Gasteiger partial charge in [0.2, 0.25) is 5.91 Å². The van der Waals surface area contributed by atoms with E-state index in [4.69, 9.17) is 4.74 Å². The number of alkyl carbamates (subject to hydrolysis) is 1. The van der Waals surface area contributed by atoms with Gasteiger partial charge in [-0.1, -0.05) is 42.5 Å². The average Bonchev–Trinajstić information content (AvgIpc) is 2.50. The van der Waals surface area contributed by atoms with E-state index in [1.165, 1.54) is 7.05 Å². The fraction of sp³-hybridized carbons (Fsp3) is 0.333. The molecule has 1 atom stereocenters. The number of benzene rings is 2. The molecular weight excluding hydrogens is 292 g/mol. The van der Waals surface area contributed by atoms with Crippen LogP contribution in [-0.4, -0.2) is 24.6 Å². The van der Waals surface area contributed by atoms with Gasteiger partial charge in [0.25, 0.3) is 0 Å². The van der Waals surface area contributed by atoms with Crippen LogP contribution in [0.4, 0.5) is 4.79 Å². The molecule has 5 nitrogen and oxygen atoms in total. The lowest BCUT2D eigenvalue weighted by molar-refractivity contribution is -0.122. The smallest absolute Gasteiger partial charge is 0.408 e. The first kappa shape index (κ1) is 16.8. The number of ether oxygens (including phenoxy) is 1. The van der Waals surface area contributed by atoms with Crippen molar-refractivity contribution < 1.29 is 14.3 Å².